The molecule has 0 saturated carbocycles. The number of aryl methyl sites for hydroxylation is 1. The Bertz CT molecular complexity index is 1280. The van der Waals surface area contributed by atoms with Gasteiger partial charge in [-0.05, 0) is 31.4 Å². The lowest BCUT2D eigenvalue weighted by atomic mass is 10.1. The molecule has 0 spiro atoms. The van der Waals surface area contributed by atoms with Gasteiger partial charge in [-0.25, -0.2) is 15.0 Å². The molecule has 1 unspecified atom stereocenters. The van der Waals surface area contributed by atoms with Crippen molar-refractivity contribution in [2.45, 2.75) is 55.8 Å². The maximum Gasteiger partial charge on any atom is 0.257 e. The van der Waals surface area contributed by atoms with Crippen LogP contribution in [-0.4, -0.2) is 55.3 Å². The third-order valence-corrected chi connectivity index (χ3v) is 7.89. The van der Waals surface area contributed by atoms with E-state index >= 15 is 0 Å². The van der Waals surface area contributed by atoms with Gasteiger partial charge in [0.1, 0.15) is 6.10 Å². The van der Waals surface area contributed by atoms with Crippen LogP contribution in [0.5, 0.6) is 5.88 Å². The third kappa shape index (κ3) is 3.88. The van der Waals surface area contributed by atoms with Crippen LogP contribution in [0.3, 0.4) is 0 Å². The second-order valence-electron chi connectivity index (χ2n) is 8.91. The molecule has 4 heterocycles. The summed E-state index contributed by atoms with van der Waals surface area (Å²) in [6, 6.07) is 7.61. The lowest BCUT2D eigenvalue weighted by Crippen LogP contribution is -2.43. The molecule has 0 radical (unpaired) electrons. The van der Waals surface area contributed by atoms with Gasteiger partial charge in [0.15, 0.2) is 5.16 Å². The van der Waals surface area contributed by atoms with Crippen molar-refractivity contribution in [3.63, 3.8) is 0 Å². The molecule has 2 aromatic heterocycles. The van der Waals surface area contributed by atoms with Crippen LogP contribution in [0.2, 0.25) is 0 Å². The Morgan fingerprint density at radius 3 is 2.79 bits per heavy atom. The minimum absolute atomic E-state index is 0.0154. The summed E-state index contributed by atoms with van der Waals surface area (Å²) in [5.74, 6) is 1.36. The summed E-state index contributed by atoms with van der Waals surface area (Å²) in [5.41, 5.74) is 3.54. The molecule has 6 rings (SSSR count). The number of rotatable bonds is 4. The predicted octanol–water partition coefficient (Wildman–Crippen LogP) is 2.78. The van der Waals surface area contributed by atoms with E-state index in [0.29, 0.717) is 25.4 Å². The standard InChI is InChI=1S/C24H25N5O3S/c30-22(12-15-14-33-24-27-18-7-3-4-17(18)23(31)29(15)24)28-10-8-16(9-11-28)32-21-13-25-19-5-1-2-6-20(19)26-21/h1-2,5-6,13,15-16H,3-4,7-12,14H2. The number of carbonyl (C=O) groups excluding carboxylic acids is 1. The van der Waals surface area contributed by atoms with E-state index in [9.17, 15) is 9.59 Å². The highest BCUT2D eigenvalue weighted by Crippen LogP contribution is 2.34. The molecule has 1 aromatic carbocycles. The zero-order valence-corrected chi connectivity index (χ0v) is 19.1. The summed E-state index contributed by atoms with van der Waals surface area (Å²) in [6.45, 7) is 1.29. The van der Waals surface area contributed by atoms with Crippen molar-refractivity contribution in [3.8, 4) is 5.88 Å². The molecule has 1 aliphatic carbocycles. The van der Waals surface area contributed by atoms with Crippen molar-refractivity contribution < 1.29 is 9.53 Å². The fraction of sp³-hybridized carbons (Fsp3) is 0.458. The number of hydrogen-bond acceptors (Lipinski definition) is 7. The molecule has 8 nitrogen and oxygen atoms in total. The normalized spacial score (nSPS) is 20.1. The highest BCUT2D eigenvalue weighted by molar-refractivity contribution is 7.99. The number of fused-ring (bicyclic) bond motifs is 3. The number of para-hydroxylation sites is 2. The first-order chi connectivity index (χ1) is 16.2. The number of thioether (sulfide) groups is 1. The number of piperidine rings is 1. The van der Waals surface area contributed by atoms with Gasteiger partial charge in [0, 0.05) is 43.7 Å². The summed E-state index contributed by atoms with van der Waals surface area (Å²) in [7, 11) is 0. The molecule has 0 N–H and O–H groups in total. The minimum Gasteiger partial charge on any atom is -0.473 e. The molecule has 1 fully saturated rings. The number of hydrogen-bond donors (Lipinski definition) is 0. The quantitative estimate of drug-likeness (QED) is 0.550. The maximum atomic E-state index is 13.0. The molecular formula is C24H25N5O3S. The molecule has 0 bridgehead atoms. The zero-order chi connectivity index (χ0) is 22.4. The van der Waals surface area contributed by atoms with Crippen molar-refractivity contribution >= 4 is 28.7 Å². The van der Waals surface area contributed by atoms with Gasteiger partial charge in [-0.3, -0.25) is 14.2 Å². The van der Waals surface area contributed by atoms with Crippen LogP contribution in [-0.2, 0) is 17.6 Å². The van der Waals surface area contributed by atoms with Crippen LogP contribution in [0.25, 0.3) is 11.0 Å². The number of ether oxygens (including phenoxy) is 1. The van der Waals surface area contributed by atoms with Crippen molar-refractivity contribution in [3.05, 3.63) is 52.1 Å². The van der Waals surface area contributed by atoms with Crippen LogP contribution in [0.1, 0.15) is 43.0 Å². The van der Waals surface area contributed by atoms with Gasteiger partial charge in [-0.1, -0.05) is 23.9 Å². The van der Waals surface area contributed by atoms with Crippen LogP contribution < -0.4 is 10.3 Å². The molecule has 3 aliphatic rings. The largest absolute Gasteiger partial charge is 0.473 e. The fourth-order valence-electron chi connectivity index (χ4n) is 5.02. The lowest BCUT2D eigenvalue weighted by molar-refractivity contribution is -0.133. The van der Waals surface area contributed by atoms with Gasteiger partial charge in [0.25, 0.3) is 5.56 Å². The second kappa shape index (κ2) is 8.44. The first-order valence-electron chi connectivity index (χ1n) is 11.6. The smallest absolute Gasteiger partial charge is 0.257 e. The molecule has 2 aliphatic heterocycles. The van der Waals surface area contributed by atoms with Crippen molar-refractivity contribution in [2.24, 2.45) is 0 Å². The summed E-state index contributed by atoms with van der Waals surface area (Å²) >= 11 is 1.60. The summed E-state index contributed by atoms with van der Waals surface area (Å²) in [6.07, 6.45) is 6.24. The Kier molecular flexibility index (Phi) is 5.28. The number of amides is 1. The second-order valence-corrected chi connectivity index (χ2v) is 9.90. The molecule has 170 valence electrons. The van der Waals surface area contributed by atoms with Gasteiger partial charge >= 0.3 is 0 Å². The molecule has 33 heavy (non-hydrogen) atoms. The van der Waals surface area contributed by atoms with Crippen molar-refractivity contribution in [1.29, 1.82) is 0 Å². The highest BCUT2D eigenvalue weighted by atomic mass is 32.2. The molecule has 3 aromatic rings. The first-order valence-corrected chi connectivity index (χ1v) is 12.6. The first kappa shape index (κ1) is 20.7. The van der Waals surface area contributed by atoms with E-state index in [1.54, 1.807) is 22.5 Å². The number of carbonyl (C=O) groups is 1. The molecule has 1 amide bonds. The van der Waals surface area contributed by atoms with E-state index in [1.807, 2.05) is 29.2 Å². The SMILES string of the molecule is O=C(CC1CSc2nc3c(c(=O)n21)CCC3)N1CCC(Oc2cnc3ccccc3n2)CC1. The van der Waals surface area contributed by atoms with E-state index in [4.69, 9.17) is 9.72 Å². The summed E-state index contributed by atoms with van der Waals surface area (Å²) < 4.78 is 7.84. The number of benzene rings is 1. The van der Waals surface area contributed by atoms with Gasteiger partial charge in [0.05, 0.1) is 29.0 Å². The van der Waals surface area contributed by atoms with Gasteiger partial charge in [-0.15, -0.1) is 0 Å². The van der Waals surface area contributed by atoms with E-state index in [0.717, 1.165) is 65.3 Å². The third-order valence-electron chi connectivity index (χ3n) is 6.79. The zero-order valence-electron chi connectivity index (χ0n) is 18.3. The summed E-state index contributed by atoms with van der Waals surface area (Å²) in [4.78, 5) is 41.6. The average Bonchev–Trinajstić information content (AvgIpc) is 3.47. The number of nitrogens with zero attached hydrogens (tertiary/aromatic N) is 5. The molecule has 9 heteroatoms. The van der Waals surface area contributed by atoms with E-state index < -0.39 is 0 Å². The van der Waals surface area contributed by atoms with Crippen LogP contribution in [0.15, 0.2) is 40.4 Å². The van der Waals surface area contributed by atoms with Gasteiger partial charge in [0.2, 0.25) is 11.8 Å². The summed E-state index contributed by atoms with van der Waals surface area (Å²) in [5, 5.41) is 0.780. The number of aromatic nitrogens is 4. The van der Waals surface area contributed by atoms with E-state index in [1.165, 1.54) is 0 Å². The lowest BCUT2D eigenvalue weighted by Gasteiger charge is -2.32. The Labute approximate surface area is 195 Å². The highest BCUT2D eigenvalue weighted by Gasteiger charge is 2.33. The molecule has 1 saturated heterocycles. The monoisotopic (exact) mass is 463 g/mol. The van der Waals surface area contributed by atoms with E-state index in [2.05, 4.69) is 9.97 Å². The predicted molar refractivity (Wildman–Crippen MR) is 125 cm³/mol. The molecule has 1 atom stereocenters. The fourth-order valence-corrected chi connectivity index (χ4v) is 6.18. The van der Waals surface area contributed by atoms with Crippen LogP contribution in [0, 0.1) is 0 Å². The maximum absolute atomic E-state index is 13.0. The van der Waals surface area contributed by atoms with E-state index in [-0.39, 0.29) is 23.6 Å². The number of likely N-dealkylation sites (tertiary alicyclic amines) is 1. The Morgan fingerprint density at radius 2 is 1.94 bits per heavy atom. The Morgan fingerprint density at radius 1 is 1.12 bits per heavy atom. The molecular weight excluding hydrogens is 438 g/mol. The topological polar surface area (TPSA) is 90.2 Å². The van der Waals surface area contributed by atoms with Crippen molar-refractivity contribution in [2.75, 3.05) is 18.8 Å². The Hall–Kier alpha value is -2.94. The minimum atomic E-state index is -0.106. The van der Waals surface area contributed by atoms with Crippen LogP contribution >= 0.6 is 11.8 Å². The van der Waals surface area contributed by atoms with Gasteiger partial charge < -0.3 is 9.64 Å². The Balaban J connectivity index is 1.07. The average molecular weight is 464 g/mol. The van der Waals surface area contributed by atoms with Gasteiger partial charge in [-0.2, -0.15) is 0 Å². The van der Waals surface area contributed by atoms with Crippen molar-refractivity contribution in [1.82, 2.24) is 24.4 Å². The van der Waals surface area contributed by atoms with Crippen LogP contribution in [0.4, 0.5) is 0 Å².